The highest BCUT2D eigenvalue weighted by Crippen LogP contribution is 2.32. The van der Waals surface area contributed by atoms with Crippen LogP contribution in [0.4, 0.5) is 17.6 Å². The van der Waals surface area contributed by atoms with Crippen molar-refractivity contribution in [3.8, 4) is 5.75 Å². The molecule has 126 valence electrons. The third-order valence-electron chi connectivity index (χ3n) is 3.10. The van der Waals surface area contributed by atoms with E-state index in [1.54, 1.807) is 6.92 Å². The van der Waals surface area contributed by atoms with E-state index in [1.165, 1.54) is 24.3 Å². The lowest BCUT2D eigenvalue weighted by atomic mass is 9.97. The Morgan fingerprint density at radius 3 is 2.17 bits per heavy atom. The number of alkyl halides is 3. The Kier molecular flexibility index (Phi) is 6.27. The standard InChI is InChI=1S/C15H12ClF4NO.ClH/c1-8-2-7-11(17)12(13(8)16)14(21)9-3-5-10(6-4-9)22-15(18,19)20;/h2-7,14H,21H2,1H3;1H/t14-;/m1./s1. The molecule has 2 N–H and O–H groups in total. The quantitative estimate of drug-likeness (QED) is 0.758. The van der Waals surface area contributed by atoms with E-state index in [0.717, 1.165) is 12.1 Å². The number of nitrogens with two attached hydrogens (primary N) is 1. The fourth-order valence-corrected chi connectivity index (χ4v) is 2.28. The number of ether oxygens (including phenoxy) is 1. The summed E-state index contributed by atoms with van der Waals surface area (Å²) in [6.07, 6.45) is -4.77. The molecule has 23 heavy (non-hydrogen) atoms. The summed E-state index contributed by atoms with van der Waals surface area (Å²) < 4.78 is 54.0. The first-order valence-electron chi connectivity index (χ1n) is 6.25. The van der Waals surface area contributed by atoms with Gasteiger partial charge in [-0.2, -0.15) is 0 Å². The molecule has 0 aliphatic carbocycles. The molecule has 2 rings (SSSR count). The Morgan fingerprint density at radius 1 is 1.09 bits per heavy atom. The third-order valence-corrected chi connectivity index (χ3v) is 3.61. The van der Waals surface area contributed by atoms with Crippen LogP contribution in [0.25, 0.3) is 0 Å². The zero-order valence-corrected chi connectivity index (χ0v) is 13.4. The maximum Gasteiger partial charge on any atom is 0.573 e. The molecule has 0 amide bonds. The lowest BCUT2D eigenvalue weighted by molar-refractivity contribution is -0.274. The summed E-state index contributed by atoms with van der Waals surface area (Å²) >= 11 is 6.07. The van der Waals surface area contributed by atoms with E-state index >= 15 is 0 Å². The Bertz CT molecular complexity index is 674. The molecule has 1 atom stereocenters. The van der Waals surface area contributed by atoms with Gasteiger partial charge in [-0.05, 0) is 36.2 Å². The summed E-state index contributed by atoms with van der Waals surface area (Å²) in [4.78, 5) is 0. The van der Waals surface area contributed by atoms with Crippen LogP contribution in [0.3, 0.4) is 0 Å². The molecule has 0 aliphatic rings. The smallest absolute Gasteiger partial charge is 0.406 e. The number of hydrogen-bond acceptors (Lipinski definition) is 2. The second-order valence-electron chi connectivity index (χ2n) is 4.69. The summed E-state index contributed by atoms with van der Waals surface area (Å²) in [7, 11) is 0. The lowest BCUT2D eigenvalue weighted by Gasteiger charge is -2.17. The van der Waals surface area contributed by atoms with E-state index in [-0.39, 0.29) is 28.7 Å². The molecule has 8 heteroatoms. The van der Waals surface area contributed by atoms with Crippen LogP contribution in [0, 0.1) is 12.7 Å². The van der Waals surface area contributed by atoms with E-state index in [2.05, 4.69) is 4.74 Å². The van der Waals surface area contributed by atoms with Crippen molar-refractivity contribution in [3.63, 3.8) is 0 Å². The van der Waals surface area contributed by atoms with Crippen molar-refractivity contribution < 1.29 is 22.3 Å². The zero-order valence-electron chi connectivity index (χ0n) is 11.8. The Morgan fingerprint density at radius 2 is 1.65 bits per heavy atom. The van der Waals surface area contributed by atoms with Gasteiger partial charge >= 0.3 is 6.36 Å². The molecule has 0 bridgehead atoms. The second-order valence-corrected chi connectivity index (χ2v) is 5.06. The largest absolute Gasteiger partial charge is 0.573 e. The number of halogens is 6. The van der Waals surface area contributed by atoms with Gasteiger partial charge in [-0.25, -0.2) is 4.39 Å². The van der Waals surface area contributed by atoms with Crippen molar-refractivity contribution in [2.24, 2.45) is 5.73 Å². The van der Waals surface area contributed by atoms with E-state index in [0.29, 0.717) is 11.1 Å². The fraction of sp³-hybridized carbons (Fsp3) is 0.200. The predicted octanol–water partition coefficient (Wildman–Crippen LogP) is 5.16. The lowest BCUT2D eigenvalue weighted by Crippen LogP contribution is -2.17. The molecule has 2 aromatic rings. The maximum absolute atomic E-state index is 13.9. The van der Waals surface area contributed by atoms with Crippen molar-refractivity contribution in [1.29, 1.82) is 0 Å². The molecule has 0 aromatic heterocycles. The van der Waals surface area contributed by atoms with Gasteiger partial charge in [0.15, 0.2) is 0 Å². The van der Waals surface area contributed by atoms with Gasteiger partial charge in [-0.1, -0.05) is 29.8 Å². The van der Waals surface area contributed by atoms with Gasteiger partial charge in [-0.3, -0.25) is 0 Å². The van der Waals surface area contributed by atoms with Gasteiger partial charge in [0.1, 0.15) is 11.6 Å². The molecule has 0 unspecified atom stereocenters. The average molecular weight is 370 g/mol. The molecule has 0 saturated heterocycles. The normalized spacial score (nSPS) is 12.5. The van der Waals surface area contributed by atoms with E-state index in [9.17, 15) is 17.6 Å². The molecule has 0 saturated carbocycles. The third kappa shape index (κ3) is 4.73. The second kappa shape index (κ2) is 7.38. The van der Waals surface area contributed by atoms with Crippen molar-refractivity contribution in [2.75, 3.05) is 0 Å². The van der Waals surface area contributed by atoms with Gasteiger partial charge in [-0.15, -0.1) is 25.6 Å². The fourth-order valence-electron chi connectivity index (χ4n) is 2.01. The number of rotatable bonds is 3. The molecule has 2 aromatic carbocycles. The average Bonchev–Trinajstić information content (AvgIpc) is 2.42. The highest BCUT2D eigenvalue weighted by molar-refractivity contribution is 6.32. The van der Waals surface area contributed by atoms with E-state index < -0.39 is 18.2 Å². The molecule has 0 aliphatic heterocycles. The minimum absolute atomic E-state index is 0. The van der Waals surface area contributed by atoms with Crippen molar-refractivity contribution in [2.45, 2.75) is 19.3 Å². The Hall–Kier alpha value is -1.50. The first-order chi connectivity index (χ1) is 10.2. The maximum atomic E-state index is 13.9. The molecule has 0 heterocycles. The topological polar surface area (TPSA) is 35.2 Å². The summed E-state index contributed by atoms with van der Waals surface area (Å²) in [5.41, 5.74) is 7.16. The molecule has 0 fully saturated rings. The van der Waals surface area contributed by atoms with Crippen LogP contribution in [0.5, 0.6) is 5.75 Å². The van der Waals surface area contributed by atoms with Gasteiger partial charge in [0, 0.05) is 5.56 Å². The SMILES string of the molecule is Cc1ccc(F)c([C@H](N)c2ccc(OC(F)(F)F)cc2)c1Cl.Cl. The van der Waals surface area contributed by atoms with E-state index in [4.69, 9.17) is 17.3 Å². The van der Waals surface area contributed by atoms with Crippen molar-refractivity contribution in [3.05, 3.63) is 63.9 Å². The first kappa shape index (κ1) is 19.5. The van der Waals surface area contributed by atoms with Crippen LogP contribution in [0.2, 0.25) is 5.02 Å². The molecule has 0 radical (unpaired) electrons. The van der Waals surface area contributed by atoms with Crippen molar-refractivity contribution >= 4 is 24.0 Å². The van der Waals surface area contributed by atoms with Crippen molar-refractivity contribution in [1.82, 2.24) is 0 Å². The van der Waals surface area contributed by atoms with Gasteiger partial charge in [0.25, 0.3) is 0 Å². The summed E-state index contributed by atoms with van der Waals surface area (Å²) in [5, 5.41) is 0.197. The van der Waals surface area contributed by atoms with E-state index in [1.807, 2.05) is 0 Å². The minimum Gasteiger partial charge on any atom is -0.406 e. The predicted molar refractivity (Wildman–Crippen MR) is 82.6 cm³/mol. The Balaban J connectivity index is 0.00000264. The number of hydrogen-bond donors (Lipinski definition) is 1. The zero-order chi connectivity index (χ0) is 16.5. The van der Waals surface area contributed by atoms with Gasteiger partial charge < -0.3 is 10.5 Å². The summed E-state index contributed by atoms with van der Waals surface area (Å²) in [6, 6.07) is 6.78. The van der Waals surface area contributed by atoms with Crippen LogP contribution in [-0.2, 0) is 0 Å². The summed E-state index contributed by atoms with van der Waals surface area (Å²) in [6.45, 7) is 1.71. The highest BCUT2D eigenvalue weighted by atomic mass is 35.5. The molecule has 0 spiro atoms. The van der Waals surface area contributed by atoms with Crippen LogP contribution in [-0.4, -0.2) is 6.36 Å². The van der Waals surface area contributed by atoms with Crippen LogP contribution < -0.4 is 10.5 Å². The highest BCUT2D eigenvalue weighted by Gasteiger charge is 2.31. The number of benzene rings is 2. The monoisotopic (exact) mass is 369 g/mol. The van der Waals surface area contributed by atoms with Crippen LogP contribution >= 0.6 is 24.0 Å². The number of aryl methyl sites for hydroxylation is 1. The molecule has 2 nitrogen and oxygen atoms in total. The first-order valence-corrected chi connectivity index (χ1v) is 6.62. The van der Waals surface area contributed by atoms with Gasteiger partial charge in [0.05, 0.1) is 11.1 Å². The van der Waals surface area contributed by atoms with Crippen LogP contribution in [0.15, 0.2) is 36.4 Å². The minimum atomic E-state index is -4.77. The molecular weight excluding hydrogens is 357 g/mol. The Labute approximate surface area is 141 Å². The van der Waals surface area contributed by atoms with Gasteiger partial charge in [0.2, 0.25) is 0 Å². The van der Waals surface area contributed by atoms with Crippen LogP contribution in [0.1, 0.15) is 22.7 Å². The summed E-state index contributed by atoms with van der Waals surface area (Å²) in [5.74, 6) is -0.946. The molecular formula is C15H13Cl2F4NO.